The molecular weight excluding hydrogens is 298 g/mol. The fourth-order valence-corrected chi connectivity index (χ4v) is 3.45. The zero-order valence-electron chi connectivity index (χ0n) is 11.8. The van der Waals surface area contributed by atoms with Crippen molar-refractivity contribution < 1.29 is 28.5 Å². The third-order valence-electron chi connectivity index (χ3n) is 2.65. The van der Waals surface area contributed by atoms with E-state index in [1.165, 1.54) is 32.0 Å². The molecule has 2 unspecified atom stereocenters. The maximum Gasteiger partial charge on any atom is 0.335 e. The minimum Gasteiger partial charge on any atom is -0.478 e. The number of aliphatic hydroxyl groups is 2. The number of carboxylic acids is 1. The van der Waals surface area contributed by atoms with Crippen LogP contribution in [0.25, 0.3) is 0 Å². The van der Waals surface area contributed by atoms with E-state index < -0.39 is 28.2 Å². The van der Waals surface area contributed by atoms with Gasteiger partial charge in [-0.25, -0.2) is 13.2 Å². The molecule has 2 atom stereocenters. The lowest BCUT2D eigenvalue weighted by molar-refractivity contribution is 0.0696. The predicted molar refractivity (Wildman–Crippen MR) is 75.5 cm³/mol. The number of aliphatic hydroxyl groups excluding tert-OH is 2. The van der Waals surface area contributed by atoms with E-state index in [2.05, 4.69) is 0 Å². The monoisotopic (exact) mass is 317 g/mol. The van der Waals surface area contributed by atoms with Gasteiger partial charge in [-0.3, -0.25) is 0 Å². The highest BCUT2D eigenvalue weighted by molar-refractivity contribution is 7.89. The smallest absolute Gasteiger partial charge is 0.335 e. The second-order valence-electron chi connectivity index (χ2n) is 4.85. The topological polar surface area (TPSA) is 115 Å². The quantitative estimate of drug-likeness (QED) is 0.659. The molecule has 7 nitrogen and oxygen atoms in total. The van der Waals surface area contributed by atoms with Gasteiger partial charge in [-0.2, -0.15) is 4.31 Å². The van der Waals surface area contributed by atoms with Gasteiger partial charge in [0.15, 0.2) is 0 Å². The van der Waals surface area contributed by atoms with Gasteiger partial charge in [-0.15, -0.1) is 0 Å². The molecule has 0 fully saturated rings. The first-order valence-electron chi connectivity index (χ1n) is 6.34. The molecule has 1 aromatic rings. The van der Waals surface area contributed by atoms with Crippen molar-refractivity contribution in [2.24, 2.45) is 0 Å². The summed E-state index contributed by atoms with van der Waals surface area (Å²) in [5.74, 6) is -1.23. The third kappa shape index (κ3) is 4.78. The Bertz CT molecular complexity index is 586. The lowest BCUT2D eigenvalue weighted by atomic mass is 10.2. The van der Waals surface area contributed by atoms with Crippen LogP contribution in [0.15, 0.2) is 29.2 Å². The molecule has 0 spiro atoms. The van der Waals surface area contributed by atoms with Gasteiger partial charge in [0.2, 0.25) is 10.0 Å². The maximum atomic E-state index is 12.5. The van der Waals surface area contributed by atoms with E-state index in [1.54, 1.807) is 0 Å². The number of hydrogen-bond acceptors (Lipinski definition) is 5. The molecule has 118 valence electrons. The second-order valence-corrected chi connectivity index (χ2v) is 6.79. The normalized spacial score (nSPS) is 14.9. The van der Waals surface area contributed by atoms with Crippen LogP contribution in [0.5, 0.6) is 0 Å². The molecule has 3 N–H and O–H groups in total. The summed E-state index contributed by atoms with van der Waals surface area (Å²) < 4.78 is 25.9. The SMILES string of the molecule is CC(O)CN(CC(C)O)S(=O)(=O)c1cccc(C(=O)O)c1. The number of nitrogens with zero attached hydrogens (tertiary/aromatic N) is 1. The van der Waals surface area contributed by atoms with E-state index in [4.69, 9.17) is 5.11 Å². The molecule has 0 aromatic heterocycles. The minimum absolute atomic E-state index is 0.148. The Hall–Kier alpha value is -1.48. The van der Waals surface area contributed by atoms with Crippen LogP contribution in [0.1, 0.15) is 24.2 Å². The minimum atomic E-state index is -4.00. The fourth-order valence-electron chi connectivity index (χ4n) is 1.80. The Balaban J connectivity index is 3.21. The van der Waals surface area contributed by atoms with Gasteiger partial charge < -0.3 is 15.3 Å². The van der Waals surface area contributed by atoms with Crippen molar-refractivity contribution in [2.45, 2.75) is 31.0 Å². The van der Waals surface area contributed by atoms with Crippen LogP contribution in [0.3, 0.4) is 0 Å². The van der Waals surface area contributed by atoms with Crippen LogP contribution in [-0.2, 0) is 10.0 Å². The summed E-state index contributed by atoms with van der Waals surface area (Å²) in [6.45, 7) is 2.48. The lowest BCUT2D eigenvalue weighted by Crippen LogP contribution is -2.40. The van der Waals surface area contributed by atoms with Crippen LogP contribution >= 0.6 is 0 Å². The first-order chi connectivity index (χ1) is 9.64. The number of rotatable bonds is 7. The summed E-state index contributed by atoms with van der Waals surface area (Å²) >= 11 is 0. The highest BCUT2D eigenvalue weighted by Crippen LogP contribution is 2.18. The fraction of sp³-hybridized carbons (Fsp3) is 0.462. The highest BCUT2D eigenvalue weighted by atomic mass is 32.2. The van der Waals surface area contributed by atoms with Crippen molar-refractivity contribution in [3.8, 4) is 0 Å². The van der Waals surface area contributed by atoms with E-state index >= 15 is 0 Å². The Morgan fingerprint density at radius 2 is 1.71 bits per heavy atom. The summed E-state index contributed by atoms with van der Waals surface area (Å²) in [5, 5.41) is 27.7. The van der Waals surface area contributed by atoms with E-state index in [-0.39, 0.29) is 23.5 Å². The van der Waals surface area contributed by atoms with Gasteiger partial charge in [0, 0.05) is 13.1 Å². The molecule has 21 heavy (non-hydrogen) atoms. The van der Waals surface area contributed by atoms with Crippen molar-refractivity contribution in [3.63, 3.8) is 0 Å². The Kier molecular flexibility index (Phi) is 5.85. The van der Waals surface area contributed by atoms with Crippen LogP contribution < -0.4 is 0 Å². The van der Waals surface area contributed by atoms with E-state index in [0.717, 1.165) is 10.4 Å². The molecule has 0 radical (unpaired) electrons. The highest BCUT2D eigenvalue weighted by Gasteiger charge is 2.27. The lowest BCUT2D eigenvalue weighted by Gasteiger charge is -2.24. The Labute approximate surface area is 123 Å². The molecule has 0 saturated carbocycles. The number of sulfonamides is 1. The first-order valence-corrected chi connectivity index (χ1v) is 7.78. The molecule has 8 heteroatoms. The predicted octanol–water partition coefficient (Wildman–Crippen LogP) is 0.137. The number of benzene rings is 1. The zero-order chi connectivity index (χ0) is 16.2. The van der Waals surface area contributed by atoms with Crippen molar-refractivity contribution in [2.75, 3.05) is 13.1 Å². The molecule has 0 saturated heterocycles. The van der Waals surface area contributed by atoms with Crippen molar-refractivity contribution in [3.05, 3.63) is 29.8 Å². The number of aromatic carboxylic acids is 1. The molecule has 1 rings (SSSR count). The maximum absolute atomic E-state index is 12.5. The molecule has 0 amide bonds. The van der Waals surface area contributed by atoms with Gasteiger partial charge in [0.1, 0.15) is 0 Å². The van der Waals surface area contributed by atoms with Crippen molar-refractivity contribution in [1.82, 2.24) is 4.31 Å². The van der Waals surface area contributed by atoms with Crippen molar-refractivity contribution >= 4 is 16.0 Å². The van der Waals surface area contributed by atoms with E-state index in [9.17, 15) is 23.4 Å². The molecule has 1 aromatic carbocycles. The second kappa shape index (κ2) is 6.99. The number of carbonyl (C=O) groups is 1. The first kappa shape index (κ1) is 17.6. The molecular formula is C13H19NO6S. The molecule has 0 aliphatic carbocycles. The molecule has 0 heterocycles. The third-order valence-corrected chi connectivity index (χ3v) is 4.48. The summed E-state index contributed by atoms with van der Waals surface area (Å²) in [5.41, 5.74) is -0.148. The van der Waals surface area contributed by atoms with Gasteiger partial charge in [-0.1, -0.05) is 6.07 Å². The standard InChI is InChI=1S/C13H19NO6S/c1-9(15)7-14(8-10(2)16)21(19,20)12-5-3-4-11(6-12)13(17)18/h3-6,9-10,15-16H,7-8H2,1-2H3,(H,17,18). The van der Waals surface area contributed by atoms with Gasteiger partial charge in [-0.05, 0) is 32.0 Å². The van der Waals surface area contributed by atoms with Crippen molar-refractivity contribution in [1.29, 1.82) is 0 Å². The summed E-state index contributed by atoms with van der Waals surface area (Å²) in [4.78, 5) is 10.7. The molecule has 0 bridgehead atoms. The summed E-state index contributed by atoms with van der Waals surface area (Å²) in [6, 6.07) is 4.95. The van der Waals surface area contributed by atoms with Gasteiger partial charge in [0.05, 0.1) is 22.7 Å². The van der Waals surface area contributed by atoms with E-state index in [1.807, 2.05) is 0 Å². The van der Waals surface area contributed by atoms with Gasteiger partial charge >= 0.3 is 5.97 Å². The average Bonchev–Trinajstić information content (AvgIpc) is 2.37. The zero-order valence-corrected chi connectivity index (χ0v) is 12.6. The van der Waals surface area contributed by atoms with Crippen LogP contribution in [0.2, 0.25) is 0 Å². The van der Waals surface area contributed by atoms with E-state index in [0.29, 0.717) is 0 Å². The summed E-state index contributed by atoms with van der Waals surface area (Å²) in [7, 11) is -4.00. The summed E-state index contributed by atoms with van der Waals surface area (Å²) in [6.07, 6.45) is -1.83. The van der Waals surface area contributed by atoms with Crippen LogP contribution in [0.4, 0.5) is 0 Å². The Morgan fingerprint density at radius 1 is 1.19 bits per heavy atom. The number of carboxylic acid groups (broad SMARTS) is 1. The largest absolute Gasteiger partial charge is 0.478 e. The van der Waals surface area contributed by atoms with Crippen LogP contribution in [0, 0.1) is 0 Å². The average molecular weight is 317 g/mol. The number of hydrogen-bond donors (Lipinski definition) is 3. The van der Waals surface area contributed by atoms with Gasteiger partial charge in [0.25, 0.3) is 0 Å². The van der Waals surface area contributed by atoms with Crippen LogP contribution in [-0.4, -0.2) is 59.3 Å². The molecule has 0 aliphatic rings. The molecule has 0 aliphatic heterocycles. The Morgan fingerprint density at radius 3 is 2.14 bits per heavy atom.